The van der Waals surface area contributed by atoms with Gasteiger partial charge in [-0.25, -0.2) is 0 Å². The van der Waals surface area contributed by atoms with E-state index in [-0.39, 0.29) is 0 Å². The summed E-state index contributed by atoms with van der Waals surface area (Å²) >= 11 is 0. The fourth-order valence-corrected chi connectivity index (χ4v) is 2.88. The predicted octanol–water partition coefficient (Wildman–Crippen LogP) is 3.08. The van der Waals surface area contributed by atoms with E-state index in [0.29, 0.717) is 11.5 Å². The van der Waals surface area contributed by atoms with E-state index in [1.54, 1.807) is 0 Å². The SMILES string of the molecule is CC(N)C1(CCC2CCCC2)CC1. The lowest BCUT2D eigenvalue weighted by Crippen LogP contribution is -2.28. The average Bonchev–Trinajstić information content (AvgIpc) is 2.73. The fourth-order valence-electron chi connectivity index (χ4n) is 2.88. The second-order valence-corrected chi connectivity index (χ2v) is 5.34. The summed E-state index contributed by atoms with van der Waals surface area (Å²) in [6.45, 7) is 2.20. The van der Waals surface area contributed by atoms with E-state index >= 15 is 0 Å². The Kier molecular flexibility index (Phi) is 2.64. The topological polar surface area (TPSA) is 26.0 Å². The van der Waals surface area contributed by atoms with Crippen molar-refractivity contribution in [2.75, 3.05) is 0 Å². The van der Waals surface area contributed by atoms with Crippen LogP contribution < -0.4 is 5.73 Å². The summed E-state index contributed by atoms with van der Waals surface area (Å²) in [4.78, 5) is 0. The van der Waals surface area contributed by atoms with Crippen molar-refractivity contribution in [2.24, 2.45) is 17.1 Å². The number of hydrogen-bond donors (Lipinski definition) is 1. The Hall–Kier alpha value is -0.0400. The predicted molar refractivity (Wildman–Crippen MR) is 56.5 cm³/mol. The van der Waals surface area contributed by atoms with Gasteiger partial charge in [-0.1, -0.05) is 25.7 Å². The molecule has 2 aliphatic carbocycles. The summed E-state index contributed by atoms with van der Waals surface area (Å²) in [5, 5.41) is 0. The van der Waals surface area contributed by atoms with Gasteiger partial charge in [0.05, 0.1) is 0 Å². The molecular formula is C12H23N. The van der Waals surface area contributed by atoms with Crippen LogP contribution in [0.2, 0.25) is 0 Å². The first-order valence-electron chi connectivity index (χ1n) is 5.98. The number of rotatable bonds is 4. The summed E-state index contributed by atoms with van der Waals surface area (Å²) in [5.41, 5.74) is 6.60. The molecule has 0 heterocycles. The molecule has 0 radical (unpaired) electrons. The standard InChI is InChI=1S/C12H23N/c1-10(13)12(8-9-12)7-6-11-4-2-3-5-11/h10-11H,2-9,13H2,1H3. The van der Waals surface area contributed by atoms with E-state index in [0.717, 1.165) is 5.92 Å². The zero-order chi connectivity index (χ0) is 9.31. The Labute approximate surface area is 82.1 Å². The minimum absolute atomic E-state index is 0.439. The Bertz CT molecular complexity index is 164. The third-order valence-electron chi connectivity index (χ3n) is 4.38. The highest BCUT2D eigenvalue weighted by Gasteiger charge is 2.45. The van der Waals surface area contributed by atoms with Crippen molar-refractivity contribution in [1.29, 1.82) is 0 Å². The van der Waals surface area contributed by atoms with Crippen LogP contribution in [0.5, 0.6) is 0 Å². The summed E-state index contributed by atoms with van der Waals surface area (Å²) in [5.74, 6) is 1.05. The lowest BCUT2D eigenvalue weighted by molar-refractivity contribution is 0.338. The molecule has 0 aliphatic heterocycles. The van der Waals surface area contributed by atoms with E-state index in [4.69, 9.17) is 5.73 Å². The molecule has 0 bridgehead atoms. The van der Waals surface area contributed by atoms with Gasteiger partial charge in [-0.2, -0.15) is 0 Å². The van der Waals surface area contributed by atoms with E-state index in [1.807, 2.05) is 0 Å². The van der Waals surface area contributed by atoms with Crippen molar-refractivity contribution in [1.82, 2.24) is 0 Å². The van der Waals surface area contributed by atoms with Crippen LogP contribution in [0.25, 0.3) is 0 Å². The monoisotopic (exact) mass is 181 g/mol. The van der Waals surface area contributed by atoms with E-state index in [9.17, 15) is 0 Å². The van der Waals surface area contributed by atoms with Gasteiger partial charge in [-0.15, -0.1) is 0 Å². The molecule has 1 heteroatoms. The Morgan fingerprint density at radius 3 is 2.38 bits per heavy atom. The zero-order valence-electron chi connectivity index (χ0n) is 8.89. The highest BCUT2D eigenvalue weighted by Crippen LogP contribution is 2.52. The van der Waals surface area contributed by atoms with Gasteiger partial charge < -0.3 is 5.73 Å². The van der Waals surface area contributed by atoms with Crippen molar-refractivity contribution < 1.29 is 0 Å². The maximum atomic E-state index is 6.02. The first-order chi connectivity index (χ1) is 6.23. The molecule has 0 aromatic heterocycles. The molecule has 2 N–H and O–H groups in total. The van der Waals surface area contributed by atoms with Crippen LogP contribution >= 0.6 is 0 Å². The Morgan fingerprint density at radius 1 is 1.31 bits per heavy atom. The smallest absolute Gasteiger partial charge is 0.00670 e. The maximum absolute atomic E-state index is 6.02. The molecule has 0 spiro atoms. The highest BCUT2D eigenvalue weighted by atomic mass is 14.7. The summed E-state index contributed by atoms with van der Waals surface area (Å²) in [6, 6.07) is 0.439. The molecule has 1 nitrogen and oxygen atoms in total. The molecule has 2 saturated carbocycles. The lowest BCUT2D eigenvalue weighted by Gasteiger charge is -2.21. The van der Waals surface area contributed by atoms with Crippen LogP contribution in [-0.2, 0) is 0 Å². The second-order valence-electron chi connectivity index (χ2n) is 5.34. The molecule has 0 aromatic rings. The first-order valence-corrected chi connectivity index (χ1v) is 5.98. The molecule has 0 amide bonds. The van der Waals surface area contributed by atoms with E-state index in [2.05, 4.69) is 6.92 Å². The summed E-state index contributed by atoms with van der Waals surface area (Å²) in [6.07, 6.45) is 11.6. The summed E-state index contributed by atoms with van der Waals surface area (Å²) < 4.78 is 0. The molecule has 2 aliphatic rings. The van der Waals surface area contributed by atoms with Gasteiger partial charge in [0.1, 0.15) is 0 Å². The average molecular weight is 181 g/mol. The normalized spacial score (nSPS) is 29.1. The molecule has 0 saturated heterocycles. The quantitative estimate of drug-likeness (QED) is 0.708. The molecule has 2 fully saturated rings. The van der Waals surface area contributed by atoms with Crippen molar-refractivity contribution >= 4 is 0 Å². The molecular weight excluding hydrogens is 158 g/mol. The van der Waals surface area contributed by atoms with Crippen LogP contribution in [0.1, 0.15) is 58.3 Å². The van der Waals surface area contributed by atoms with Crippen molar-refractivity contribution in [3.05, 3.63) is 0 Å². The third-order valence-corrected chi connectivity index (χ3v) is 4.38. The van der Waals surface area contributed by atoms with Crippen molar-refractivity contribution in [3.8, 4) is 0 Å². The third kappa shape index (κ3) is 2.07. The van der Waals surface area contributed by atoms with Crippen molar-refractivity contribution in [2.45, 2.75) is 64.3 Å². The van der Waals surface area contributed by atoms with E-state index in [1.165, 1.54) is 51.4 Å². The van der Waals surface area contributed by atoms with Crippen LogP contribution in [0, 0.1) is 11.3 Å². The van der Waals surface area contributed by atoms with Crippen molar-refractivity contribution in [3.63, 3.8) is 0 Å². The van der Waals surface area contributed by atoms with Gasteiger partial charge in [-0.05, 0) is 43.9 Å². The van der Waals surface area contributed by atoms with Gasteiger partial charge in [0.15, 0.2) is 0 Å². The molecule has 13 heavy (non-hydrogen) atoms. The molecule has 1 unspecified atom stereocenters. The lowest BCUT2D eigenvalue weighted by atomic mass is 9.88. The van der Waals surface area contributed by atoms with Gasteiger partial charge in [-0.3, -0.25) is 0 Å². The Morgan fingerprint density at radius 2 is 1.92 bits per heavy atom. The van der Waals surface area contributed by atoms with Gasteiger partial charge >= 0.3 is 0 Å². The highest BCUT2D eigenvalue weighted by molar-refractivity contribution is 4.99. The second kappa shape index (κ2) is 3.61. The van der Waals surface area contributed by atoms with Crippen LogP contribution in [0.4, 0.5) is 0 Å². The van der Waals surface area contributed by atoms with Gasteiger partial charge in [0.2, 0.25) is 0 Å². The van der Waals surface area contributed by atoms with Gasteiger partial charge in [0, 0.05) is 6.04 Å². The Balaban J connectivity index is 1.72. The van der Waals surface area contributed by atoms with Crippen LogP contribution in [0.3, 0.4) is 0 Å². The van der Waals surface area contributed by atoms with Gasteiger partial charge in [0.25, 0.3) is 0 Å². The molecule has 76 valence electrons. The maximum Gasteiger partial charge on any atom is 0.00670 e. The number of nitrogens with two attached hydrogens (primary N) is 1. The molecule has 0 aromatic carbocycles. The van der Waals surface area contributed by atoms with Crippen LogP contribution in [-0.4, -0.2) is 6.04 Å². The molecule has 2 rings (SSSR count). The van der Waals surface area contributed by atoms with E-state index < -0.39 is 0 Å². The fraction of sp³-hybridized carbons (Fsp3) is 1.00. The summed E-state index contributed by atoms with van der Waals surface area (Å²) in [7, 11) is 0. The first kappa shape index (κ1) is 9.51. The number of hydrogen-bond acceptors (Lipinski definition) is 1. The molecule has 1 atom stereocenters. The minimum atomic E-state index is 0.439. The zero-order valence-corrected chi connectivity index (χ0v) is 8.89. The largest absolute Gasteiger partial charge is 0.327 e. The van der Waals surface area contributed by atoms with Crippen LogP contribution in [0.15, 0.2) is 0 Å². The minimum Gasteiger partial charge on any atom is -0.327 e.